The highest BCUT2D eigenvalue weighted by molar-refractivity contribution is 5.85. The Kier molecular flexibility index (Phi) is 7.13. The first-order valence-corrected chi connectivity index (χ1v) is 12.0. The summed E-state index contributed by atoms with van der Waals surface area (Å²) in [6.45, 7) is 11.0. The summed E-state index contributed by atoms with van der Waals surface area (Å²) in [6.07, 6.45) is 6.65. The number of para-hydroxylation sites is 1. The van der Waals surface area contributed by atoms with Crippen LogP contribution in [0.25, 0.3) is 11.0 Å². The standard InChI is InChI=1S/C24H37N5O2/c1-3-12-27-14-11-18(17-27)23-26-22-20(9-7-10-21(22)31-24(25)30)29(23)16-15-28-13-6-5-8-19(28)4-2/h7,9-10,18-19H,3-6,8,11-17H2,1-2H3,(H2,25,30). The van der Waals surface area contributed by atoms with E-state index >= 15 is 0 Å². The van der Waals surface area contributed by atoms with Crippen LogP contribution in [0.2, 0.25) is 0 Å². The van der Waals surface area contributed by atoms with Crippen LogP contribution >= 0.6 is 0 Å². The lowest BCUT2D eigenvalue weighted by Gasteiger charge is -2.35. The number of piperidine rings is 1. The van der Waals surface area contributed by atoms with Gasteiger partial charge in [0, 0.05) is 31.6 Å². The number of fused-ring (bicyclic) bond motifs is 1. The van der Waals surface area contributed by atoms with Gasteiger partial charge in [0.25, 0.3) is 0 Å². The van der Waals surface area contributed by atoms with Crippen molar-refractivity contribution in [2.45, 2.75) is 70.9 Å². The number of benzene rings is 1. The van der Waals surface area contributed by atoms with Gasteiger partial charge in [-0.05, 0) is 63.9 Å². The number of amides is 1. The van der Waals surface area contributed by atoms with Crippen LogP contribution in [0.3, 0.4) is 0 Å². The van der Waals surface area contributed by atoms with E-state index in [0.29, 0.717) is 17.7 Å². The molecule has 2 aliphatic rings. The van der Waals surface area contributed by atoms with Gasteiger partial charge in [-0.3, -0.25) is 4.90 Å². The fourth-order valence-corrected chi connectivity index (χ4v) is 5.48. The van der Waals surface area contributed by atoms with Gasteiger partial charge < -0.3 is 19.9 Å². The van der Waals surface area contributed by atoms with Crippen LogP contribution in [0.5, 0.6) is 5.75 Å². The maximum Gasteiger partial charge on any atom is 0.410 e. The smallest absolute Gasteiger partial charge is 0.408 e. The first kappa shape index (κ1) is 22.1. The second-order valence-corrected chi connectivity index (χ2v) is 9.05. The fourth-order valence-electron chi connectivity index (χ4n) is 5.48. The molecule has 7 heteroatoms. The zero-order valence-corrected chi connectivity index (χ0v) is 19.1. The lowest BCUT2D eigenvalue weighted by Crippen LogP contribution is -2.41. The number of nitrogens with zero attached hydrogens (tertiary/aromatic N) is 4. The Morgan fingerprint density at radius 2 is 2.03 bits per heavy atom. The van der Waals surface area contributed by atoms with Gasteiger partial charge in [-0.15, -0.1) is 0 Å². The van der Waals surface area contributed by atoms with Gasteiger partial charge >= 0.3 is 6.09 Å². The molecule has 2 aromatic rings. The molecule has 0 spiro atoms. The number of likely N-dealkylation sites (tertiary alicyclic amines) is 2. The van der Waals surface area contributed by atoms with Crippen LogP contribution in [-0.2, 0) is 6.54 Å². The molecule has 2 saturated heterocycles. The number of rotatable bonds is 8. The second-order valence-electron chi connectivity index (χ2n) is 9.05. The molecule has 31 heavy (non-hydrogen) atoms. The minimum atomic E-state index is -0.794. The van der Waals surface area contributed by atoms with Crippen LogP contribution in [0.4, 0.5) is 4.79 Å². The summed E-state index contributed by atoms with van der Waals surface area (Å²) in [7, 11) is 0. The van der Waals surface area contributed by atoms with E-state index in [1.165, 1.54) is 38.6 Å². The highest BCUT2D eigenvalue weighted by atomic mass is 16.5. The zero-order chi connectivity index (χ0) is 21.8. The van der Waals surface area contributed by atoms with Crippen molar-refractivity contribution < 1.29 is 9.53 Å². The molecule has 2 atom stereocenters. The van der Waals surface area contributed by atoms with E-state index in [1.54, 1.807) is 6.07 Å². The largest absolute Gasteiger partial charge is 0.410 e. The number of hydrogen-bond acceptors (Lipinski definition) is 5. The summed E-state index contributed by atoms with van der Waals surface area (Å²) in [4.78, 5) is 21.6. The summed E-state index contributed by atoms with van der Waals surface area (Å²) in [5.41, 5.74) is 7.09. The molecule has 0 bridgehead atoms. The van der Waals surface area contributed by atoms with Crippen LogP contribution in [-0.4, -0.2) is 64.2 Å². The van der Waals surface area contributed by atoms with Gasteiger partial charge in [-0.2, -0.15) is 0 Å². The van der Waals surface area contributed by atoms with E-state index < -0.39 is 6.09 Å². The number of primary amides is 1. The third-order valence-electron chi connectivity index (χ3n) is 6.99. The van der Waals surface area contributed by atoms with Crippen molar-refractivity contribution in [1.29, 1.82) is 0 Å². The number of carbonyl (C=O) groups is 1. The molecule has 170 valence electrons. The minimum absolute atomic E-state index is 0.406. The summed E-state index contributed by atoms with van der Waals surface area (Å²) in [6, 6.07) is 6.49. The highest BCUT2D eigenvalue weighted by Crippen LogP contribution is 2.33. The Balaban J connectivity index is 1.65. The van der Waals surface area contributed by atoms with Crippen LogP contribution in [0, 0.1) is 0 Å². The minimum Gasteiger partial charge on any atom is -0.408 e. The van der Waals surface area contributed by atoms with Crippen molar-refractivity contribution >= 4 is 17.1 Å². The summed E-state index contributed by atoms with van der Waals surface area (Å²) in [5.74, 6) is 1.99. The molecule has 0 radical (unpaired) electrons. The van der Waals surface area contributed by atoms with Gasteiger partial charge in [-0.1, -0.05) is 26.3 Å². The molecule has 2 N–H and O–H groups in total. The molecule has 1 aromatic heterocycles. The number of hydrogen-bond donors (Lipinski definition) is 1. The Labute approximate surface area is 185 Å². The predicted molar refractivity (Wildman–Crippen MR) is 124 cm³/mol. The molecule has 2 fully saturated rings. The number of aromatic nitrogens is 2. The second kappa shape index (κ2) is 10.0. The lowest BCUT2D eigenvalue weighted by molar-refractivity contribution is 0.139. The van der Waals surface area contributed by atoms with E-state index in [1.807, 2.05) is 6.07 Å². The molecule has 3 heterocycles. The van der Waals surface area contributed by atoms with Gasteiger partial charge in [0.2, 0.25) is 0 Å². The molecular formula is C24H37N5O2. The molecule has 2 unspecified atom stereocenters. The Morgan fingerprint density at radius 3 is 2.81 bits per heavy atom. The average Bonchev–Trinajstić information content (AvgIpc) is 3.37. The topological polar surface area (TPSA) is 76.6 Å². The van der Waals surface area contributed by atoms with Crippen molar-refractivity contribution in [2.24, 2.45) is 5.73 Å². The zero-order valence-electron chi connectivity index (χ0n) is 19.1. The van der Waals surface area contributed by atoms with Crippen molar-refractivity contribution in [3.05, 3.63) is 24.0 Å². The first-order chi connectivity index (χ1) is 15.1. The van der Waals surface area contributed by atoms with E-state index in [0.717, 1.165) is 56.0 Å². The third-order valence-corrected chi connectivity index (χ3v) is 6.99. The van der Waals surface area contributed by atoms with E-state index in [9.17, 15) is 4.79 Å². The van der Waals surface area contributed by atoms with Crippen molar-refractivity contribution in [1.82, 2.24) is 19.4 Å². The summed E-state index contributed by atoms with van der Waals surface area (Å²) < 4.78 is 7.67. The molecule has 1 amide bonds. The van der Waals surface area contributed by atoms with Gasteiger partial charge in [-0.25, -0.2) is 9.78 Å². The van der Waals surface area contributed by atoms with Crippen molar-refractivity contribution in [2.75, 3.05) is 32.7 Å². The van der Waals surface area contributed by atoms with Crippen LogP contribution in [0.1, 0.15) is 64.1 Å². The third kappa shape index (κ3) is 4.88. The Hall–Kier alpha value is -2.12. The summed E-state index contributed by atoms with van der Waals surface area (Å²) >= 11 is 0. The molecule has 4 rings (SSSR count). The number of carbonyl (C=O) groups excluding carboxylic acids is 1. The fraction of sp³-hybridized carbons (Fsp3) is 0.667. The van der Waals surface area contributed by atoms with E-state index in [4.69, 9.17) is 15.5 Å². The molecule has 2 aliphatic heterocycles. The first-order valence-electron chi connectivity index (χ1n) is 12.0. The van der Waals surface area contributed by atoms with Crippen molar-refractivity contribution in [3.8, 4) is 5.75 Å². The molecular weight excluding hydrogens is 390 g/mol. The SMILES string of the molecule is CCCN1CCC(c2nc3c(OC(N)=O)cccc3n2CCN2CCCCC2CC)C1. The quantitative estimate of drug-likeness (QED) is 0.690. The number of nitrogens with two attached hydrogens (primary N) is 1. The van der Waals surface area contributed by atoms with Crippen LogP contribution < -0.4 is 10.5 Å². The van der Waals surface area contributed by atoms with Crippen LogP contribution in [0.15, 0.2) is 18.2 Å². The Morgan fingerprint density at radius 1 is 1.16 bits per heavy atom. The molecule has 0 saturated carbocycles. The van der Waals surface area contributed by atoms with Gasteiger partial charge in [0.05, 0.1) is 5.52 Å². The number of ether oxygens (including phenoxy) is 1. The molecule has 0 aliphatic carbocycles. The highest BCUT2D eigenvalue weighted by Gasteiger charge is 2.29. The van der Waals surface area contributed by atoms with Crippen molar-refractivity contribution in [3.63, 3.8) is 0 Å². The monoisotopic (exact) mass is 427 g/mol. The Bertz CT molecular complexity index is 895. The predicted octanol–water partition coefficient (Wildman–Crippen LogP) is 3.96. The molecule has 7 nitrogen and oxygen atoms in total. The average molecular weight is 428 g/mol. The van der Waals surface area contributed by atoms with E-state index in [-0.39, 0.29) is 0 Å². The maximum absolute atomic E-state index is 11.4. The maximum atomic E-state index is 11.4. The molecule has 1 aromatic carbocycles. The normalized spacial score (nSPS) is 22.9. The summed E-state index contributed by atoms with van der Waals surface area (Å²) in [5, 5.41) is 0. The lowest BCUT2D eigenvalue weighted by atomic mass is 10.0. The van der Waals surface area contributed by atoms with Gasteiger partial charge in [0.15, 0.2) is 5.75 Å². The van der Waals surface area contributed by atoms with Gasteiger partial charge in [0.1, 0.15) is 11.3 Å². The van der Waals surface area contributed by atoms with E-state index in [2.05, 4.69) is 34.3 Å². The number of imidazole rings is 1.